The first kappa shape index (κ1) is 17.9. The van der Waals surface area contributed by atoms with Crippen molar-refractivity contribution in [2.24, 2.45) is 0 Å². The summed E-state index contributed by atoms with van der Waals surface area (Å²) >= 11 is 1.43. The maximum atomic E-state index is 13.1. The zero-order chi connectivity index (χ0) is 15.9. The molecule has 0 fully saturated rings. The standard InChI is InChI=1S/C15H21F2NO2S/c1-4-18-15(2,14(19)20-3)8-5-9-21-11-6-7-12(16)13(17)10-11/h6-7,10,18H,4-5,8-9H2,1-3H3. The molecule has 0 aliphatic rings. The third-order valence-corrected chi connectivity index (χ3v) is 4.26. The second-order valence-electron chi connectivity index (χ2n) is 4.88. The van der Waals surface area contributed by atoms with Gasteiger partial charge < -0.3 is 10.1 Å². The number of benzene rings is 1. The molecule has 0 aromatic heterocycles. The molecule has 0 saturated carbocycles. The summed E-state index contributed by atoms with van der Waals surface area (Å²) in [6, 6.07) is 3.85. The largest absolute Gasteiger partial charge is 0.468 e. The molecule has 21 heavy (non-hydrogen) atoms. The molecule has 0 bridgehead atoms. The van der Waals surface area contributed by atoms with E-state index in [9.17, 15) is 13.6 Å². The number of likely N-dealkylation sites (N-methyl/N-ethyl adjacent to an activating group) is 1. The van der Waals surface area contributed by atoms with Crippen LogP contribution in [0.5, 0.6) is 0 Å². The SMILES string of the molecule is CCNC(C)(CCCSc1ccc(F)c(F)c1)C(=O)OC. The lowest BCUT2D eigenvalue weighted by Gasteiger charge is -2.27. The van der Waals surface area contributed by atoms with E-state index < -0.39 is 17.2 Å². The highest BCUT2D eigenvalue weighted by atomic mass is 32.2. The van der Waals surface area contributed by atoms with E-state index in [0.29, 0.717) is 23.6 Å². The first-order valence-corrected chi connectivity index (χ1v) is 7.83. The van der Waals surface area contributed by atoms with Crippen molar-refractivity contribution in [2.45, 2.75) is 37.1 Å². The Morgan fingerprint density at radius 1 is 1.38 bits per heavy atom. The van der Waals surface area contributed by atoms with Crippen molar-refractivity contribution >= 4 is 17.7 Å². The van der Waals surface area contributed by atoms with Gasteiger partial charge in [0.15, 0.2) is 11.6 Å². The van der Waals surface area contributed by atoms with Crippen LogP contribution in [0.4, 0.5) is 8.78 Å². The summed E-state index contributed by atoms with van der Waals surface area (Å²) in [5, 5.41) is 3.13. The molecule has 3 nitrogen and oxygen atoms in total. The van der Waals surface area contributed by atoms with E-state index in [2.05, 4.69) is 5.32 Å². The van der Waals surface area contributed by atoms with Crippen molar-refractivity contribution in [2.75, 3.05) is 19.4 Å². The van der Waals surface area contributed by atoms with E-state index in [1.165, 1.54) is 24.9 Å². The van der Waals surface area contributed by atoms with Gasteiger partial charge in [-0.25, -0.2) is 8.78 Å². The maximum Gasteiger partial charge on any atom is 0.325 e. The molecule has 0 spiro atoms. The second kappa shape index (κ2) is 8.34. The van der Waals surface area contributed by atoms with Crippen molar-refractivity contribution < 1.29 is 18.3 Å². The topological polar surface area (TPSA) is 38.3 Å². The Labute approximate surface area is 128 Å². The number of halogens is 2. The number of carbonyl (C=O) groups is 1. The Morgan fingerprint density at radius 3 is 2.67 bits per heavy atom. The number of rotatable bonds is 8. The highest BCUT2D eigenvalue weighted by Gasteiger charge is 2.32. The Hall–Kier alpha value is -1.14. The van der Waals surface area contributed by atoms with Crippen molar-refractivity contribution in [1.82, 2.24) is 5.32 Å². The Morgan fingerprint density at radius 2 is 2.10 bits per heavy atom. The fraction of sp³-hybridized carbons (Fsp3) is 0.533. The molecule has 0 amide bonds. The number of esters is 1. The maximum absolute atomic E-state index is 13.1. The summed E-state index contributed by atoms with van der Waals surface area (Å²) < 4.78 is 30.7. The summed E-state index contributed by atoms with van der Waals surface area (Å²) in [6.07, 6.45) is 1.37. The van der Waals surface area contributed by atoms with Gasteiger partial charge >= 0.3 is 5.97 Å². The monoisotopic (exact) mass is 317 g/mol. The molecular weight excluding hydrogens is 296 g/mol. The summed E-state index contributed by atoms with van der Waals surface area (Å²) in [4.78, 5) is 12.5. The molecule has 0 aliphatic carbocycles. The second-order valence-corrected chi connectivity index (χ2v) is 6.05. The van der Waals surface area contributed by atoms with Crippen molar-refractivity contribution in [3.05, 3.63) is 29.8 Å². The fourth-order valence-electron chi connectivity index (χ4n) is 2.06. The van der Waals surface area contributed by atoms with Gasteiger partial charge in [0.2, 0.25) is 0 Å². The number of hydrogen-bond acceptors (Lipinski definition) is 4. The van der Waals surface area contributed by atoms with Gasteiger partial charge in [-0.1, -0.05) is 6.92 Å². The van der Waals surface area contributed by atoms with Crippen LogP contribution in [0.2, 0.25) is 0 Å². The van der Waals surface area contributed by atoms with Crippen LogP contribution in [0.25, 0.3) is 0 Å². The number of hydrogen-bond donors (Lipinski definition) is 1. The molecule has 0 heterocycles. The molecule has 1 unspecified atom stereocenters. The zero-order valence-electron chi connectivity index (χ0n) is 12.5. The number of thioether (sulfide) groups is 1. The van der Waals surface area contributed by atoms with E-state index in [0.717, 1.165) is 12.5 Å². The molecular formula is C15H21F2NO2S. The number of carbonyl (C=O) groups excluding carboxylic acids is 1. The van der Waals surface area contributed by atoms with E-state index in [1.807, 2.05) is 13.8 Å². The highest BCUT2D eigenvalue weighted by Crippen LogP contribution is 2.23. The molecule has 1 N–H and O–H groups in total. The summed E-state index contributed by atoms with van der Waals surface area (Å²) in [5.74, 6) is -1.26. The van der Waals surface area contributed by atoms with Crippen LogP contribution >= 0.6 is 11.8 Å². The molecule has 1 rings (SSSR count). The average molecular weight is 317 g/mol. The molecule has 0 saturated heterocycles. The molecule has 6 heteroatoms. The highest BCUT2D eigenvalue weighted by molar-refractivity contribution is 7.99. The number of ether oxygens (including phenoxy) is 1. The van der Waals surface area contributed by atoms with Gasteiger partial charge in [-0.05, 0) is 50.3 Å². The Kier molecular flexibility index (Phi) is 7.11. The first-order chi connectivity index (χ1) is 9.92. The van der Waals surface area contributed by atoms with Gasteiger partial charge in [-0.2, -0.15) is 0 Å². The van der Waals surface area contributed by atoms with E-state index in [-0.39, 0.29) is 5.97 Å². The predicted molar refractivity (Wildman–Crippen MR) is 80.4 cm³/mol. The predicted octanol–water partition coefficient (Wildman–Crippen LogP) is 3.38. The Bertz CT molecular complexity index is 485. The quantitative estimate of drug-likeness (QED) is 0.453. The van der Waals surface area contributed by atoms with Crippen LogP contribution in [-0.2, 0) is 9.53 Å². The van der Waals surface area contributed by atoms with Crippen LogP contribution in [0, 0.1) is 11.6 Å². The van der Waals surface area contributed by atoms with E-state index in [4.69, 9.17) is 4.74 Å². The van der Waals surface area contributed by atoms with Crippen LogP contribution in [0.15, 0.2) is 23.1 Å². The number of nitrogens with one attached hydrogen (secondary N) is 1. The van der Waals surface area contributed by atoms with Gasteiger partial charge in [0.25, 0.3) is 0 Å². The van der Waals surface area contributed by atoms with Gasteiger partial charge in [0.05, 0.1) is 7.11 Å². The molecule has 118 valence electrons. The van der Waals surface area contributed by atoms with Crippen molar-refractivity contribution in [1.29, 1.82) is 0 Å². The molecule has 0 aliphatic heterocycles. The molecule has 0 radical (unpaired) electrons. The molecule has 1 atom stereocenters. The zero-order valence-corrected chi connectivity index (χ0v) is 13.4. The van der Waals surface area contributed by atoms with Gasteiger partial charge in [0, 0.05) is 4.90 Å². The molecule has 1 aromatic carbocycles. The van der Waals surface area contributed by atoms with Crippen molar-refractivity contribution in [3.8, 4) is 0 Å². The summed E-state index contributed by atoms with van der Waals surface area (Å²) in [5.41, 5.74) is -0.710. The minimum absolute atomic E-state index is 0.290. The van der Waals surface area contributed by atoms with Gasteiger partial charge in [0.1, 0.15) is 5.54 Å². The third kappa shape index (κ3) is 5.28. The van der Waals surface area contributed by atoms with Crippen molar-refractivity contribution in [3.63, 3.8) is 0 Å². The van der Waals surface area contributed by atoms with Crippen LogP contribution in [0.3, 0.4) is 0 Å². The van der Waals surface area contributed by atoms with Crippen LogP contribution in [0.1, 0.15) is 26.7 Å². The summed E-state index contributed by atoms with van der Waals surface area (Å²) in [7, 11) is 1.37. The van der Waals surface area contributed by atoms with Crippen LogP contribution in [-0.4, -0.2) is 30.9 Å². The smallest absolute Gasteiger partial charge is 0.325 e. The third-order valence-electron chi connectivity index (χ3n) is 3.18. The first-order valence-electron chi connectivity index (χ1n) is 6.84. The van der Waals surface area contributed by atoms with E-state index in [1.54, 1.807) is 6.07 Å². The fourth-order valence-corrected chi connectivity index (χ4v) is 2.94. The lowest BCUT2D eigenvalue weighted by atomic mass is 9.96. The van der Waals surface area contributed by atoms with E-state index >= 15 is 0 Å². The Balaban J connectivity index is 2.47. The lowest BCUT2D eigenvalue weighted by molar-refractivity contribution is -0.148. The normalized spacial score (nSPS) is 13.8. The average Bonchev–Trinajstić information content (AvgIpc) is 2.46. The van der Waals surface area contributed by atoms with Gasteiger partial charge in [-0.15, -0.1) is 11.8 Å². The number of methoxy groups -OCH3 is 1. The van der Waals surface area contributed by atoms with Gasteiger partial charge in [-0.3, -0.25) is 4.79 Å². The minimum Gasteiger partial charge on any atom is -0.468 e. The molecule has 1 aromatic rings. The minimum atomic E-state index is -0.843. The van der Waals surface area contributed by atoms with Crippen LogP contribution < -0.4 is 5.32 Å². The summed E-state index contributed by atoms with van der Waals surface area (Å²) in [6.45, 7) is 4.41. The lowest BCUT2D eigenvalue weighted by Crippen LogP contribution is -2.50.